The van der Waals surface area contributed by atoms with Gasteiger partial charge in [-0.2, -0.15) is 0 Å². The first kappa shape index (κ1) is 17.4. The van der Waals surface area contributed by atoms with Crippen molar-refractivity contribution >= 4 is 45.7 Å². The summed E-state index contributed by atoms with van der Waals surface area (Å²) in [5.41, 5.74) is 8.84. The summed E-state index contributed by atoms with van der Waals surface area (Å²) < 4.78 is 0. The zero-order valence-corrected chi connectivity index (χ0v) is 15.3. The molecule has 2 aromatic carbocycles. The number of carbonyl (C=O) groups is 2. The van der Waals surface area contributed by atoms with Crippen LogP contribution in [0.5, 0.6) is 0 Å². The molecule has 0 bridgehead atoms. The maximum Gasteiger partial charge on any atom is 0.255 e. The number of amides is 2. The van der Waals surface area contributed by atoms with E-state index in [2.05, 4.69) is 4.98 Å². The van der Waals surface area contributed by atoms with E-state index in [1.54, 1.807) is 4.90 Å². The fourth-order valence-electron chi connectivity index (χ4n) is 3.32. The number of aromatic amines is 1. The van der Waals surface area contributed by atoms with Crippen molar-refractivity contribution in [1.29, 1.82) is 0 Å². The second-order valence-electron chi connectivity index (χ2n) is 6.44. The van der Waals surface area contributed by atoms with Gasteiger partial charge in [0.15, 0.2) is 5.11 Å². The predicted octanol–water partition coefficient (Wildman–Crippen LogP) is 2.20. The molecule has 3 N–H and O–H groups in total. The van der Waals surface area contributed by atoms with Crippen LogP contribution < -0.4 is 10.6 Å². The Morgan fingerprint density at radius 3 is 2.63 bits per heavy atom. The highest BCUT2D eigenvalue weighted by molar-refractivity contribution is 7.80. The van der Waals surface area contributed by atoms with Gasteiger partial charge in [0.05, 0.1) is 6.04 Å². The number of rotatable bonds is 4. The van der Waals surface area contributed by atoms with Gasteiger partial charge in [-0.3, -0.25) is 9.59 Å². The second-order valence-corrected chi connectivity index (χ2v) is 6.81. The lowest BCUT2D eigenvalue weighted by atomic mass is 10.0. The number of aromatic nitrogens is 1. The van der Waals surface area contributed by atoms with E-state index in [1.165, 1.54) is 0 Å². The van der Waals surface area contributed by atoms with Crippen molar-refractivity contribution < 1.29 is 9.59 Å². The monoisotopic (exact) mass is 378 g/mol. The third-order valence-electron chi connectivity index (χ3n) is 4.69. The molecule has 6 nitrogen and oxygen atoms in total. The summed E-state index contributed by atoms with van der Waals surface area (Å²) in [7, 11) is 0. The number of nitrogens with zero attached hydrogens (tertiary/aromatic N) is 2. The molecule has 0 unspecified atom stereocenters. The molecule has 1 aliphatic heterocycles. The number of H-pyrrole nitrogens is 1. The lowest BCUT2D eigenvalue weighted by molar-refractivity contribution is -0.138. The summed E-state index contributed by atoms with van der Waals surface area (Å²) in [6, 6.07) is 16.2. The standard InChI is InChI=1S/C20H18N4O2S/c21-16(10-13-11-22-17-9-5-4-8-15(13)17)19(26)24-18(25)12-23(20(24)27)14-6-2-1-3-7-14/h1-9,11,16,22H,10,12,21H2/t16-/m0/s1. The van der Waals surface area contributed by atoms with Gasteiger partial charge >= 0.3 is 0 Å². The smallest absolute Gasteiger partial charge is 0.255 e. The molecule has 136 valence electrons. The first-order chi connectivity index (χ1) is 13.1. The number of carbonyl (C=O) groups excluding carboxylic acids is 2. The number of benzene rings is 2. The van der Waals surface area contributed by atoms with E-state index in [4.69, 9.17) is 18.0 Å². The van der Waals surface area contributed by atoms with Crippen LogP contribution >= 0.6 is 12.2 Å². The molecule has 1 aromatic heterocycles. The number of fused-ring (bicyclic) bond motifs is 1. The molecular weight excluding hydrogens is 360 g/mol. The SMILES string of the molecule is N[C@@H](Cc1c[nH]c2ccccc12)C(=O)N1C(=O)CN(c2ccccc2)C1=S. The van der Waals surface area contributed by atoms with E-state index in [1.807, 2.05) is 60.8 Å². The Labute approximate surface area is 161 Å². The van der Waals surface area contributed by atoms with Crippen molar-refractivity contribution in [2.24, 2.45) is 5.73 Å². The van der Waals surface area contributed by atoms with Crippen LogP contribution in [-0.4, -0.2) is 39.4 Å². The summed E-state index contributed by atoms with van der Waals surface area (Å²) >= 11 is 5.39. The Hall–Kier alpha value is -3.03. The average Bonchev–Trinajstić information content (AvgIpc) is 3.22. The van der Waals surface area contributed by atoms with Crippen molar-refractivity contribution in [3.05, 3.63) is 66.4 Å². The van der Waals surface area contributed by atoms with Crippen LogP contribution in [-0.2, 0) is 16.0 Å². The Kier molecular flexibility index (Phi) is 4.47. The van der Waals surface area contributed by atoms with Crippen LogP contribution in [0.3, 0.4) is 0 Å². The molecule has 4 rings (SSSR count). The zero-order valence-electron chi connectivity index (χ0n) is 14.5. The minimum Gasteiger partial charge on any atom is -0.361 e. The topological polar surface area (TPSA) is 82.4 Å². The molecule has 1 fully saturated rings. The van der Waals surface area contributed by atoms with Crippen LogP contribution in [0.25, 0.3) is 10.9 Å². The van der Waals surface area contributed by atoms with E-state index in [9.17, 15) is 9.59 Å². The molecular formula is C20H18N4O2S. The maximum absolute atomic E-state index is 12.9. The van der Waals surface area contributed by atoms with E-state index in [0.717, 1.165) is 27.1 Å². The predicted molar refractivity (Wildman–Crippen MR) is 108 cm³/mol. The number of hydrogen-bond donors (Lipinski definition) is 2. The van der Waals surface area contributed by atoms with Crippen molar-refractivity contribution in [3.8, 4) is 0 Å². The minimum absolute atomic E-state index is 0.0361. The molecule has 1 atom stereocenters. The number of nitrogens with one attached hydrogen (secondary N) is 1. The number of anilines is 1. The minimum atomic E-state index is -0.859. The van der Waals surface area contributed by atoms with Crippen LogP contribution in [0, 0.1) is 0 Å². The normalized spacial score (nSPS) is 15.6. The van der Waals surface area contributed by atoms with Crippen LogP contribution in [0.1, 0.15) is 5.56 Å². The Morgan fingerprint density at radius 1 is 1.15 bits per heavy atom. The first-order valence-corrected chi connectivity index (χ1v) is 9.01. The van der Waals surface area contributed by atoms with Crippen molar-refractivity contribution in [1.82, 2.24) is 9.88 Å². The summed E-state index contributed by atoms with van der Waals surface area (Å²) in [4.78, 5) is 31.1. The summed E-state index contributed by atoms with van der Waals surface area (Å²) in [5.74, 6) is -0.836. The van der Waals surface area contributed by atoms with E-state index in [-0.39, 0.29) is 17.6 Å². The molecule has 3 aromatic rings. The lowest BCUT2D eigenvalue weighted by Gasteiger charge is -2.21. The van der Waals surface area contributed by atoms with Gasteiger partial charge in [-0.25, -0.2) is 4.90 Å². The van der Waals surface area contributed by atoms with Gasteiger partial charge in [-0.15, -0.1) is 0 Å². The molecule has 2 heterocycles. The quantitative estimate of drug-likeness (QED) is 0.680. The Bertz CT molecular complexity index is 1030. The molecule has 0 spiro atoms. The van der Waals surface area contributed by atoms with E-state index in [0.29, 0.717) is 6.42 Å². The van der Waals surface area contributed by atoms with Crippen LogP contribution in [0.15, 0.2) is 60.8 Å². The molecule has 0 radical (unpaired) electrons. The summed E-state index contributed by atoms with van der Waals surface area (Å²) in [6.07, 6.45) is 2.17. The third-order valence-corrected chi connectivity index (χ3v) is 5.09. The van der Waals surface area contributed by atoms with Crippen LogP contribution in [0.2, 0.25) is 0 Å². The molecule has 0 aliphatic carbocycles. The first-order valence-electron chi connectivity index (χ1n) is 8.60. The highest BCUT2D eigenvalue weighted by Gasteiger charge is 2.39. The van der Waals surface area contributed by atoms with E-state index >= 15 is 0 Å². The number of thiocarbonyl (C=S) groups is 1. The Balaban J connectivity index is 1.53. The van der Waals surface area contributed by atoms with Gasteiger partial charge in [0.1, 0.15) is 6.54 Å². The van der Waals surface area contributed by atoms with Crippen molar-refractivity contribution in [3.63, 3.8) is 0 Å². The largest absolute Gasteiger partial charge is 0.361 e. The fourth-order valence-corrected chi connectivity index (χ4v) is 3.68. The number of nitrogens with two attached hydrogens (primary N) is 1. The van der Waals surface area contributed by atoms with E-state index < -0.39 is 11.9 Å². The van der Waals surface area contributed by atoms with Crippen molar-refractivity contribution in [2.45, 2.75) is 12.5 Å². The fraction of sp³-hybridized carbons (Fsp3) is 0.150. The molecule has 1 saturated heterocycles. The Morgan fingerprint density at radius 2 is 1.85 bits per heavy atom. The highest BCUT2D eigenvalue weighted by Crippen LogP contribution is 2.23. The number of para-hydroxylation sites is 2. The third kappa shape index (κ3) is 3.11. The second kappa shape index (κ2) is 6.94. The van der Waals surface area contributed by atoms with Crippen molar-refractivity contribution in [2.75, 3.05) is 11.4 Å². The average molecular weight is 378 g/mol. The molecule has 7 heteroatoms. The van der Waals surface area contributed by atoms with Gasteiger partial charge in [-0.1, -0.05) is 36.4 Å². The van der Waals surface area contributed by atoms with Gasteiger partial charge in [0.2, 0.25) is 0 Å². The highest BCUT2D eigenvalue weighted by atomic mass is 32.1. The maximum atomic E-state index is 12.9. The molecule has 2 amide bonds. The summed E-state index contributed by atoms with van der Waals surface area (Å²) in [6.45, 7) is 0.0361. The van der Waals surface area contributed by atoms with Gasteiger partial charge in [-0.05, 0) is 42.4 Å². The van der Waals surface area contributed by atoms with Crippen LogP contribution in [0.4, 0.5) is 5.69 Å². The summed E-state index contributed by atoms with van der Waals surface area (Å²) in [5, 5.41) is 1.19. The zero-order chi connectivity index (χ0) is 19.0. The lowest BCUT2D eigenvalue weighted by Crippen LogP contribution is -2.48. The van der Waals surface area contributed by atoms with Gasteiger partial charge in [0.25, 0.3) is 11.8 Å². The molecule has 0 saturated carbocycles. The van der Waals surface area contributed by atoms with Gasteiger partial charge < -0.3 is 15.6 Å². The number of hydrogen-bond acceptors (Lipinski definition) is 4. The molecule has 27 heavy (non-hydrogen) atoms. The molecule has 1 aliphatic rings. The van der Waals surface area contributed by atoms with Gasteiger partial charge in [0, 0.05) is 22.8 Å². The number of imide groups is 1.